The SMILES string of the molecule is CSc1ccc(C(O)CCC2CCCO2)cc1. The van der Waals surface area contributed by atoms with Crippen LogP contribution >= 0.6 is 11.8 Å². The summed E-state index contributed by atoms with van der Waals surface area (Å²) >= 11 is 1.72. The van der Waals surface area contributed by atoms with E-state index in [0.29, 0.717) is 6.10 Å². The zero-order valence-electron chi connectivity index (χ0n) is 10.3. The quantitative estimate of drug-likeness (QED) is 0.814. The first-order valence-electron chi connectivity index (χ1n) is 6.23. The summed E-state index contributed by atoms with van der Waals surface area (Å²) in [7, 11) is 0. The lowest BCUT2D eigenvalue weighted by atomic mass is 10.0. The van der Waals surface area contributed by atoms with Crippen molar-refractivity contribution in [2.45, 2.75) is 42.8 Å². The number of aliphatic hydroxyl groups is 1. The summed E-state index contributed by atoms with van der Waals surface area (Å²) < 4.78 is 5.56. The summed E-state index contributed by atoms with van der Waals surface area (Å²) in [6.07, 6.45) is 6.16. The van der Waals surface area contributed by atoms with Gasteiger partial charge in [-0.2, -0.15) is 0 Å². The maximum absolute atomic E-state index is 10.1. The van der Waals surface area contributed by atoms with Crippen LogP contribution in [0.5, 0.6) is 0 Å². The van der Waals surface area contributed by atoms with Gasteiger partial charge in [0.1, 0.15) is 0 Å². The predicted octanol–water partition coefficient (Wildman–Crippen LogP) is 3.40. The Morgan fingerprint density at radius 2 is 2.18 bits per heavy atom. The Balaban J connectivity index is 1.83. The molecule has 2 atom stereocenters. The Hall–Kier alpha value is -0.510. The van der Waals surface area contributed by atoms with Gasteiger partial charge in [0, 0.05) is 11.5 Å². The zero-order valence-corrected chi connectivity index (χ0v) is 11.1. The molecule has 2 nitrogen and oxygen atoms in total. The normalized spacial score (nSPS) is 21.6. The summed E-state index contributed by atoms with van der Waals surface area (Å²) in [6, 6.07) is 8.17. The molecule has 0 saturated carbocycles. The van der Waals surface area contributed by atoms with E-state index in [0.717, 1.165) is 31.4 Å². The first-order chi connectivity index (χ1) is 8.29. The number of hydrogen-bond acceptors (Lipinski definition) is 3. The van der Waals surface area contributed by atoms with Gasteiger partial charge < -0.3 is 9.84 Å². The fraction of sp³-hybridized carbons (Fsp3) is 0.571. The van der Waals surface area contributed by atoms with Crippen molar-refractivity contribution in [3.63, 3.8) is 0 Å². The van der Waals surface area contributed by atoms with Crippen molar-refractivity contribution in [2.75, 3.05) is 12.9 Å². The highest BCUT2D eigenvalue weighted by Gasteiger charge is 2.17. The lowest BCUT2D eigenvalue weighted by Crippen LogP contribution is -2.07. The Morgan fingerprint density at radius 3 is 2.76 bits per heavy atom. The van der Waals surface area contributed by atoms with Gasteiger partial charge in [0.2, 0.25) is 0 Å². The van der Waals surface area contributed by atoms with Crippen LogP contribution in [0.3, 0.4) is 0 Å². The van der Waals surface area contributed by atoms with Crippen LogP contribution in [0, 0.1) is 0 Å². The van der Waals surface area contributed by atoms with Gasteiger partial charge in [0.15, 0.2) is 0 Å². The van der Waals surface area contributed by atoms with E-state index in [-0.39, 0.29) is 6.10 Å². The van der Waals surface area contributed by atoms with E-state index in [9.17, 15) is 5.11 Å². The van der Waals surface area contributed by atoms with Gasteiger partial charge in [-0.3, -0.25) is 0 Å². The Morgan fingerprint density at radius 1 is 1.41 bits per heavy atom. The van der Waals surface area contributed by atoms with Gasteiger partial charge in [-0.25, -0.2) is 0 Å². The van der Waals surface area contributed by atoms with Gasteiger partial charge in [-0.15, -0.1) is 11.8 Å². The standard InChI is InChI=1S/C14H20O2S/c1-17-13-7-4-11(5-8-13)14(15)9-6-12-3-2-10-16-12/h4-5,7-8,12,14-15H,2-3,6,9-10H2,1H3. The molecule has 17 heavy (non-hydrogen) atoms. The van der Waals surface area contributed by atoms with Gasteiger partial charge in [0.05, 0.1) is 12.2 Å². The van der Waals surface area contributed by atoms with E-state index < -0.39 is 0 Å². The minimum atomic E-state index is -0.352. The summed E-state index contributed by atoms with van der Waals surface area (Å²) in [5, 5.41) is 10.1. The van der Waals surface area contributed by atoms with E-state index in [1.54, 1.807) is 11.8 Å². The van der Waals surface area contributed by atoms with Crippen molar-refractivity contribution in [1.29, 1.82) is 0 Å². The highest BCUT2D eigenvalue weighted by Crippen LogP contribution is 2.25. The Kier molecular flexibility index (Phi) is 4.89. The topological polar surface area (TPSA) is 29.5 Å². The molecule has 1 aliphatic rings. The van der Waals surface area contributed by atoms with Crippen LogP contribution in [0.25, 0.3) is 0 Å². The van der Waals surface area contributed by atoms with E-state index >= 15 is 0 Å². The summed E-state index contributed by atoms with van der Waals surface area (Å²) in [5.41, 5.74) is 1.01. The number of thioether (sulfide) groups is 1. The van der Waals surface area contributed by atoms with E-state index in [2.05, 4.69) is 18.4 Å². The largest absolute Gasteiger partial charge is 0.388 e. The smallest absolute Gasteiger partial charge is 0.0791 e. The fourth-order valence-electron chi connectivity index (χ4n) is 2.21. The molecule has 2 rings (SSSR count). The molecule has 1 N–H and O–H groups in total. The second kappa shape index (κ2) is 6.43. The third-order valence-electron chi connectivity index (χ3n) is 3.29. The molecule has 94 valence electrons. The van der Waals surface area contributed by atoms with Crippen LogP contribution in [0.4, 0.5) is 0 Å². The van der Waals surface area contributed by atoms with E-state index in [1.165, 1.54) is 11.3 Å². The second-order valence-corrected chi connectivity index (χ2v) is 5.38. The molecule has 0 bridgehead atoms. The highest BCUT2D eigenvalue weighted by molar-refractivity contribution is 7.98. The second-order valence-electron chi connectivity index (χ2n) is 4.50. The third kappa shape index (κ3) is 3.73. The van der Waals surface area contributed by atoms with Gasteiger partial charge in [-0.05, 0) is 49.6 Å². The zero-order chi connectivity index (χ0) is 12.1. The minimum Gasteiger partial charge on any atom is -0.388 e. The minimum absolute atomic E-state index is 0.352. The van der Waals surface area contributed by atoms with Crippen LogP contribution in [-0.4, -0.2) is 24.1 Å². The molecule has 0 spiro atoms. The summed E-state index contributed by atoms with van der Waals surface area (Å²) in [6.45, 7) is 0.892. The first kappa shape index (κ1) is 12.9. The van der Waals surface area contributed by atoms with Crippen LogP contribution in [-0.2, 0) is 4.74 Å². The van der Waals surface area contributed by atoms with E-state index in [1.807, 2.05) is 12.1 Å². The van der Waals surface area contributed by atoms with Crippen LogP contribution < -0.4 is 0 Å². The first-order valence-corrected chi connectivity index (χ1v) is 7.45. The molecule has 1 aliphatic heterocycles. The monoisotopic (exact) mass is 252 g/mol. The van der Waals surface area contributed by atoms with Crippen molar-refractivity contribution in [3.8, 4) is 0 Å². The van der Waals surface area contributed by atoms with Crippen molar-refractivity contribution < 1.29 is 9.84 Å². The molecule has 1 heterocycles. The van der Waals surface area contributed by atoms with Crippen molar-refractivity contribution >= 4 is 11.8 Å². The number of ether oxygens (including phenoxy) is 1. The predicted molar refractivity (Wildman–Crippen MR) is 71.4 cm³/mol. The van der Waals surface area contributed by atoms with Gasteiger partial charge in [-0.1, -0.05) is 12.1 Å². The lowest BCUT2D eigenvalue weighted by molar-refractivity contribution is 0.0812. The molecule has 1 saturated heterocycles. The number of aliphatic hydroxyl groups excluding tert-OH is 1. The average molecular weight is 252 g/mol. The molecule has 2 unspecified atom stereocenters. The van der Waals surface area contributed by atoms with Crippen molar-refractivity contribution in [2.24, 2.45) is 0 Å². The number of rotatable bonds is 5. The molecule has 0 aromatic heterocycles. The summed E-state index contributed by atoms with van der Waals surface area (Å²) in [4.78, 5) is 1.24. The van der Waals surface area contributed by atoms with Crippen molar-refractivity contribution in [3.05, 3.63) is 29.8 Å². The van der Waals surface area contributed by atoms with E-state index in [4.69, 9.17) is 4.74 Å². The molecule has 0 radical (unpaired) electrons. The molecule has 3 heteroatoms. The molecule has 1 aromatic rings. The maximum Gasteiger partial charge on any atom is 0.0791 e. The average Bonchev–Trinajstić information content (AvgIpc) is 2.89. The lowest BCUT2D eigenvalue weighted by Gasteiger charge is -2.14. The fourth-order valence-corrected chi connectivity index (χ4v) is 2.62. The molecular formula is C14H20O2S. The molecular weight excluding hydrogens is 232 g/mol. The highest BCUT2D eigenvalue weighted by atomic mass is 32.2. The third-order valence-corrected chi connectivity index (χ3v) is 4.03. The summed E-state index contributed by atoms with van der Waals surface area (Å²) in [5.74, 6) is 0. The number of hydrogen-bond donors (Lipinski definition) is 1. The van der Waals surface area contributed by atoms with Crippen LogP contribution in [0.2, 0.25) is 0 Å². The molecule has 0 amide bonds. The Bertz CT molecular complexity index is 331. The van der Waals surface area contributed by atoms with Crippen LogP contribution in [0.15, 0.2) is 29.2 Å². The Labute approximate surface area is 107 Å². The van der Waals surface area contributed by atoms with Gasteiger partial charge in [0.25, 0.3) is 0 Å². The molecule has 1 aromatic carbocycles. The molecule has 0 aliphatic carbocycles. The maximum atomic E-state index is 10.1. The number of benzene rings is 1. The molecule has 1 fully saturated rings. The van der Waals surface area contributed by atoms with Crippen LogP contribution in [0.1, 0.15) is 37.4 Å². The van der Waals surface area contributed by atoms with Gasteiger partial charge >= 0.3 is 0 Å². The van der Waals surface area contributed by atoms with Crippen molar-refractivity contribution in [1.82, 2.24) is 0 Å².